The van der Waals surface area contributed by atoms with Crippen molar-refractivity contribution >= 4 is 45.4 Å². The summed E-state index contributed by atoms with van der Waals surface area (Å²) in [5, 5.41) is 15.5. The molecule has 1 aromatic carbocycles. The van der Waals surface area contributed by atoms with E-state index >= 15 is 0 Å². The van der Waals surface area contributed by atoms with Crippen LogP contribution in [0.4, 0.5) is 0 Å². The Bertz CT molecular complexity index is 1650. The molecule has 1 aromatic rings. The monoisotopic (exact) mass is 880 g/mol. The van der Waals surface area contributed by atoms with E-state index in [0.717, 1.165) is 5.56 Å². The summed E-state index contributed by atoms with van der Waals surface area (Å²) < 4.78 is 24.1. The van der Waals surface area contributed by atoms with Crippen molar-refractivity contribution in [3.63, 3.8) is 0 Å². The molecule has 2 rings (SSSR count). The lowest BCUT2D eigenvalue weighted by Crippen LogP contribution is -2.60. The van der Waals surface area contributed by atoms with Crippen LogP contribution in [0.15, 0.2) is 30.3 Å². The van der Waals surface area contributed by atoms with Crippen molar-refractivity contribution in [2.75, 3.05) is 53.1 Å². The predicted molar refractivity (Wildman–Crippen MR) is 239 cm³/mol. The number of amides is 5. The van der Waals surface area contributed by atoms with Crippen LogP contribution >= 0.6 is 0 Å². The third-order valence-corrected chi connectivity index (χ3v) is 13.6. The van der Waals surface area contributed by atoms with E-state index in [9.17, 15) is 38.1 Å². The Morgan fingerprint density at radius 1 is 0.902 bits per heavy atom. The maximum Gasteiger partial charge on any atom is 0.326 e. The highest BCUT2D eigenvalue weighted by Gasteiger charge is 2.43. The molecule has 0 aromatic heterocycles. The van der Waals surface area contributed by atoms with Gasteiger partial charge in [0, 0.05) is 53.5 Å². The Balaban J connectivity index is 2.28. The number of hydrogen-bond donors (Lipinski definition) is 4. The third-order valence-electron chi connectivity index (χ3n) is 12.2. The van der Waals surface area contributed by atoms with E-state index in [1.807, 2.05) is 47.6 Å². The molecule has 1 aliphatic heterocycles. The van der Waals surface area contributed by atoms with Crippen LogP contribution in [-0.2, 0) is 54.6 Å². The molecule has 0 radical (unpaired) electrons. The van der Waals surface area contributed by atoms with Crippen LogP contribution in [0.2, 0.25) is 0 Å². The lowest BCUT2D eigenvalue weighted by Gasteiger charge is -2.41. The summed E-state index contributed by atoms with van der Waals surface area (Å²) in [6, 6.07) is 5.08. The van der Waals surface area contributed by atoms with Gasteiger partial charge < -0.3 is 39.9 Å². The van der Waals surface area contributed by atoms with E-state index in [4.69, 9.17) is 9.47 Å². The van der Waals surface area contributed by atoms with Gasteiger partial charge in [-0.05, 0) is 55.1 Å². The predicted octanol–water partition coefficient (Wildman–Crippen LogP) is 3.40. The number of rotatable bonds is 25. The highest BCUT2D eigenvalue weighted by atomic mass is 32.2. The highest BCUT2D eigenvalue weighted by Crippen LogP contribution is 2.30. The first kappa shape index (κ1) is 53.2. The number of hydrogen-bond acceptors (Lipinski definition) is 9. The summed E-state index contributed by atoms with van der Waals surface area (Å²) in [4.78, 5) is 86.3. The average molecular weight is 880 g/mol. The molecular weight excluding hydrogens is 803 g/mol. The van der Waals surface area contributed by atoms with Gasteiger partial charge in [-0.1, -0.05) is 85.2 Å². The second-order valence-electron chi connectivity index (χ2n) is 18.0. The van der Waals surface area contributed by atoms with Crippen LogP contribution in [0.1, 0.15) is 92.6 Å². The molecule has 3 N–H and O–H groups in total. The van der Waals surface area contributed by atoms with Crippen molar-refractivity contribution < 1.29 is 47.6 Å². The Morgan fingerprint density at radius 3 is 2.03 bits per heavy atom. The number of benzene rings is 1. The van der Waals surface area contributed by atoms with Crippen molar-refractivity contribution in [1.29, 1.82) is 0 Å². The first-order valence-corrected chi connectivity index (χ1v) is 24.6. The number of carbonyl (C=O) groups excluding carboxylic acids is 5. The molecule has 1 heterocycles. The molecule has 0 saturated carbocycles. The molecule has 61 heavy (non-hydrogen) atoms. The second kappa shape index (κ2) is 24.7. The largest absolute Gasteiger partial charge is 0.480 e. The van der Waals surface area contributed by atoms with Crippen LogP contribution in [0.25, 0.3) is 0 Å². The number of nitrogens with one attached hydrogen (secondary N) is 2. The van der Waals surface area contributed by atoms with Gasteiger partial charge in [0.2, 0.25) is 29.5 Å². The van der Waals surface area contributed by atoms with Crippen LogP contribution in [-0.4, -0.2) is 155 Å². The number of carbonyl (C=O) groups is 6. The number of likely N-dealkylation sites (N-methyl/N-ethyl adjacent to an activating group) is 2. The number of aliphatic carboxylic acids is 1. The summed E-state index contributed by atoms with van der Waals surface area (Å²) in [5.74, 6) is -3.98. The molecule has 0 spiro atoms. The fourth-order valence-corrected chi connectivity index (χ4v) is 9.42. The maximum absolute atomic E-state index is 14.5. The normalized spacial score (nSPS) is 18.6. The SMILES string of the molecule is CC[C@H](C)C([C@@H](CC(=O)N1CCC[C@H]1C(OC)[C@@H](C)C(=O)N[C@@H](Cc1ccccc1)C(=O)O)OC)N(C)C(=O)[C@@H](NC(=O)[C@H](C(C)C)N(C)C(=O)CCC[SH](C)(C)=O)C(C)C. The van der Waals surface area contributed by atoms with E-state index in [1.54, 1.807) is 67.6 Å². The molecule has 0 bridgehead atoms. The fourth-order valence-electron chi connectivity index (χ4n) is 8.50. The van der Waals surface area contributed by atoms with Gasteiger partial charge in [0.15, 0.2) is 0 Å². The number of thiol groups is 1. The van der Waals surface area contributed by atoms with Crippen molar-refractivity contribution in [1.82, 2.24) is 25.3 Å². The van der Waals surface area contributed by atoms with Crippen molar-refractivity contribution in [2.45, 2.75) is 136 Å². The van der Waals surface area contributed by atoms with Gasteiger partial charge in [0.1, 0.15) is 18.1 Å². The molecule has 0 aliphatic carbocycles. The fraction of sp³-hybridized carbons (Fsp3) is 0.733. The first-order chi connectivity index (χ1) is 28.5. The van der Waals surface area contributed by atoms with E-state index < -0.39 is 76.1 Å². The quantitative estimate of drug-likeness (QED) is 0.106. The molecule has 348 valence electrons. The Morgan fingerprint density at radius 2 is 1.52 bits per heavy atom. The zero-order valence-corrected chi connectivity index (χ0v) is 39.9. The number of ether oxygens (including phenoxy) is 2. The van der Waals surface area contributed by atoms with Gasteiger partial charge in [0.25, 0.3) is 0 Å². The van der Waals surface area contributed by atoms with E-state index in [2.05, 4.69) is 10.6 Å². The van der Waals surface area contributed by atoms with Gasteiger partial charge in [-0.2, -0.15) is 0 Å². The smallest absolute Gasteiger partial charge is 0.326 e. The number of carboxylic acid groups (broad SMARTS) is 1. The molecule has 5 amide bonds. The topological polar surface area (TPSA) is 192 Å². The summed E-state index contributed by atoms with van der Waals surface area (Å²) in [6.07, 6.45) is 4.48. The molecule has 9 atom stereocenters. The summed E-state index contributed by atoms with van der Waals surface area (Å²) in [5.41, 5.74) is 0.768. The summed E-state index contributed by atoms with van der Waals surface area (Å²) in [7, 11) is 3.94. The Labute approximate surface area is 365 Å². The molecule has 1 fully saturated rings. The number of nitrogens with zero attached hydrogens (tertiary/aromatic N) is 3. The van der Waals surface area contributed by atoms with Gasteiger partial charge in [-0.3, -0.25) is 28.2 Å². The number of likely N-dealkylation sites (tertiary alicyclic amines) is 1. The Hall–Kier alpha value is -3.89. The summed E-state index contributed by atoms with van der Waals surface area (Å²) >= 11 is 0. The van der Waals surface area contributed by atoms with Crippen molar-refractivity contribution in [2.24, 2.45) is 23.7 Å². The first-order valence-electron chi connectivity index (χ1n) is 21.8. The minimum absolute atomic E-state index is 0.0681. The van der Waals surface area contributed by atoms with Gasteiger partial charge in [-0.15, -0.1) is 9.93 Å². The van der Waals surface area contributed by atoms with Crippen LogP contribution in [0.3, 0.4) is 0 Å². The van der Waals surface area contributed by atoms with Gasteiger partial charge in [0.05, 0.1) is 36.6 Å². The second-order valence-corrected chi connectivity index (χ2v) is 21.6. The van der Waals surface area contributed by atoms with Crippen molar-refractivity contribution in [3.8, 4) is 0 Å². The highest BCUT2D eigenvalue weighted by molar-refractivity contribution is 8.01. The van der Waals surface area contributed by atoms with Gasteiger partial charge >= 0.3 is 5.97 Å². The average Bonchev–Trinajstić information content (AvgIpc) is 3.68. The van der Waals surface area contributed by atoms with E-state index in [0.29, 0.717) is 38.0 Å². The van der Waals surface area contributed by atoms with Gasteiger partial charge in [-0.25, -0.2) is 4.79 Å². The molecular formula is C45H77N5O10S. The Kier molecular flexibility index (Phi) is 21.5. The minimum atomic E-state index is -2.29. The number of carboxylic acids is 1. The number of methoxy groups -OCH3 is 2. The molecule has 2 unspecified atom stereocenters. The third kappa shape index (κ3) is 15.5. The maximum atomic E-state index is 14.5. The lowest BCUT2D eigenvalue weighted by atomic mass is 9.89. The van der Waals surface area contributed by atoms with Crippen LogP contribution in [0.5, 0.6) is 0 Å². The standard InChI is InChI=1S/C45H77N5O10S/c1-14-30(6)40(49(9)44(55)38(28(2)3)47-43(54)39(29(4)5)48(8)36(51)23-19-25-61(12,13)58)35(59-10)27-37(52)50-24-18-22-34(50)41(60-11)31(7)42(53)46-33(45(56)57)26-32-20-16-15-17-21-32/h15-17,20-21,28-31,33-35,38-41,61H,14,18-19,22-27H2,1-13H3,(H,46,53)(H,47,54)(H,56,57)/t30-,31+,33-,34-,35+,38-,39-,40?,41?/m0/s1. The molecule has 1 aliphatic rings. The summed E-state index contributed by atoms with van der Waals surface area (Å²) in [6.45, 7) is 13.4. The van der Waals surface area contributed by atoms with E-state index in [-0.39, 0.29) is 54.7 Å². The zero-order valence-electron chi connectivity index (χ0n) is 39.0. The van der Waals surface area contributed by atoms with E-state index in [1.165, 1.54) is 19.1 Å². The van der Waals surface area contributed by atoms with Crippen LogP contribution in [0, 0.1) is 23.7 Å². The lowest BCUT2D eigenvalue weighted by molar-refractivity contribution is -0.149. The molecule has 1 saturated heterocycles. The van der Waals surface area contributed by atoms with Crippen LogP contribution < -0.4 is 10.6 Å². The molecule has 16 heteroatoms. The molecule has 15 nitrogen and oxygen atoms in total. The zero-order chi connectivity index (χ0) is 46.4. The minimum Gasteiger partial charge on any atom is -0.480 e. The van der Waals surface area contributed by atoms with Crippen molar-refractivity contribution in [3.05, 3.63) is 35.9 Å².